The van der Waals surface area contributed by atoms with Gasteiger partial charge >= 0.3 is 0 Å². The molecule has 1 rings (SSSR count). The van der Waals surface area contributed by atoms with Gasteiger partial charge in [0.1, 0.15) is 0 Å². The van der Waals surface area contributed by atoms with Gasteiger partial charge in [0.05, 0.1) is 5.38 Å². The van der Waals surface area contributed by atoms with E-state index >= 15 is 0 Å². The predicted molar refractivity (Wildman–Crippen MR) is 37.2 cm³/mol. The lowest BCUT2D eigenvalue weighted by atomic mass is 9.98. The standard InChI is InChI=1S/C7H11Cl/c1-6-2-4-7(8)5-3-6/h2,4,6-7H,3,5H2,1H3/t6-,7+/m0/s1. The molecular weight excluding hydrogens is 120 g/mol. The number of rotatable bonds is 0. The van der Waals surface area contributed by atoms with Crippen LogP contribution in [0.5, 0.6) is 0 Å². The highest BCUT2D eigenvalue weighted by Gasteiger charge is 2.08. The molecule has 0 heterocycles. The fourth-order valence-corrected chi connectivity index (χ4v) is 1.13. The minimum Gasteiger partial charge on any atom is -0.118 e. The lowest BCUT2D eigenvalue weighted by molar-refractivity contribution is 0.588. The molecule has 46 valence electrons. The molecule has 0 amide bonds. The zero-order valence-electron chi connectivity index (χ0n) is 5.10. The van der Waals surface area contributed by atoms with E-state index in [1.165, 1.54) is 6.42 Å². The predicted octanol–water partition coefficient (Wildman–Crippen LogP) is 2.58. The molecule has 0 spiro atoms. The number of allylic oxidation sites excluding steroid dienone is 2. The van der Waals surface area contributed by atoms with Gasteiger partial charge in [-0.1, -0.05) is 19.1 Å². The first kappa shape index (κ1) is 6.15. The first-order valence-corrected chi connectivity index (χ1v) is 3.55. The highest BCUT2D eigenvalue weighted by atomic mass is 35.5. The SMILES string of the molecule is C[C@H]1C=C[C@@H](Cl)CC1. The van der Waals surface area contributed by atoms with Crippen molar-refractivity contribution in [1.29, 1.82) is 0 Å². The minimum absolute atomic E-state index is 0.311. The summed E-state index contributed by atoms with van der Waals surface area (Å²) in [5.41, 5.74) is 0. The zero-order chi connectivity index (χ0) is 5.98. The summed E-state index contributed by atoms with van der Waals surface area (Å²) in [6.45, 7) is 2.22. The summed E-state index contributed by atoms with van der Waals surface area (Å²) >= 11 is 5.80. The molecule has 0 radical (unpaired) electrons. The molecule has 1 heteroatoms. The third kappa shape index (κ3) is 1.52. The number of hydrogen-bond donors (Lipinski definition) is 0. The van der Waals surface area contributed by atoms with Gasteiger partial charge in [-0.05, 0) is 18.8 Å². The lowest BCUT2D eigenvalue weighted by Gasteiger charge is -2.13. The van der Waals surface area contributed by atoms with Crippen LogP contribution in [0, 0.1) is 5.92 Å². The molecule has 2 atom stereocenters. The van der Waals surface area contributed by atoms with Crippen molar-refractivity contribution < 1.29 is 0 Å². The Morgan fingerprint density at radius 2 is 2.12 bits per heavy atom. The molecule has 0 saturated heterocycles. The molecular formula is C7H11Cl. The summed E-state index contributed by atoms with van der Waals surface area (Å²) < 4.78 is 0. The van der Waals surface area contributed by atoms with Gasteiger partial charge in [-0.25, -0.2) is 0 Å². The van der Waals surface area contributed by atoms with E-state index in [-0.39, 0.29) is 0 Å². The summed E-state index contributed by atoms with van der Waals surface area (Å²) in [7, 11) is 0. The van der Waals surface area contributed by atoms with Crippen molar-refractivity contribution in [2.75, 3.05) is 0 Å². The molecule has 0 aromatic carbocycles. The summed E-state index contributed by atoms with van der Waals surface area (Å²) in [6.07, 6.45) is 6.70. The van der Waals surface area contributed by atoms with Gasteiger partial charge in [0.2, 0.25) is 0 Å². The van der Waals surface area contributed by atoms with Gasteiger partial charge in [-0.15, -0.1) is 11.6 Å². The normalized spacial score (nSPS) is 37.8. The van der Waals surface area contributed by atoms with Crippen LogP contribution >= 0.6 is 11.6 Å². The highest BCUT2D eigenvalue weighted by molar-refractivity contribution is 6.21. The topological polar surface area (TPSA) is 0 Å². The molecule has 0 aromatic rings. The molecule has 0 aromatic heterocycles. The smallest absolute Gasteiger partial charge is 0.0516 e. The van der Waals surface area contributed by atoms with Crippen LogP contribution in [-0.2, 0) is 0 Å². The Labute approximate surface area is 55.5 Å². The maximum absolute atomic E-state index is 5.80. The first-order chi connectivity index (χ1) is 3.79. The van der Waals surface area contributed by atoms with E-state index in [0.29, 0.717) is 5.38 Å². The fourth-order valence-electron chi connectivity index (χ4n) is 0.925. The Hall–Kier alpha value is 0.0300. The Morgan fingerprint density at radius 3 is 2.50 bits per heavy atom. The van der Waals surface area contributed by atoms with Crippen molar-refractivity contribution in [3.63, 3.8) is 0 Å². The maximum Gasteiger partial charge on any atom is 0.0516 e. The fraction of sp³-hybridized carbons (Fsp3) is 0.714. The lowest BCUT2D eigenvalue weighted by Crippen LogP contribution is -2.04. The maximum atomic E-state index is 5.80. The number of alkyl halides is 1. The van der Waals surface area contributed by atoms with E-state index in [9.17, 15) is 0 Å². The first-order valence-electron chi connectivity index (χ1n) is 3.11. The van der Waals surface area contributed by atoms with Gasteiger partial charge in [-0.2, -0.15) is 0 Å². The van der Waals surface area contributed by atoms with Gasteiger partial charge in [-0.3, -0.25) is 0 Å². The quantitative estimate of drug-likeness (QED) is 0.349. The van der Waals surface area contributed by atoms with Crippen LogP contribution in [-0.4, -0.2) is 5.38 Å². The highest BCUT2D eigenvalue weighted by Crippen LogP contribution is 2.19. The van der Waals surface area contributed by atoms with Gasteiger partial charge in [0.25, 0.3) is 0 Å². The van der Waals surface area contributed by atoms with Crippen LogP contribution in [0.25, 0.3) is 0 Å². The van der Waals surface area contributed by atoms with Crippen LogP contribution in [0.2, 0.25) is 0 Å². The molecule has 1 aliphatic rings. The third-order valence-electron chi connectivity index (χ3n) is 1.55. The van der Waals surface area contributed by atoms with Crippen LogP contribution < -0.4 is 0 Å². The Kier molecular flexibility index (Phi) is 1.95. The molecule has 0 unspecified atom stereocenters. The summed E-state index contributed by atoms with van der Waals surface area (Å²) in [6, 6.07) is 0. The molecule has 1 aliphatic carbocycles. The molecule has 0 nitrogen and oxygen atoms in total. The van der Waals surface area contributed by atoms with Crippen molar-refractivity contribution in [1.82, 2.24) is 0 Å². The molecule has 0 saturated carbocycles. The second-order valence-electron chi connectivity index (χ2n) is 2.46. The third-order valence-corrected chi connectivity index (χ3v) is 1.91. The molecule has 0 bridgehead atoms. The summed E-state index contributed by atoms with van der Waals surface area (Å²) in [5.74, 6) is 0.755. The monoisotopic (exact) mass is 130 g/mol. The van der Waals surface area contributed by atoms with E-state index in [0.717, 1.165) is 12.3 Å². The second-order valence-corrected chi connectivity index (χ2v) is 3.02. The molecule has 0 fully saturated rings. The zero-order valence-corrected chi connectivity index (χ0v) is 5.86. The molecule has 8 heavy (non-hydrogen) atoms. The minimum atomic E-state index is 0.311. The average molecular weight is 131 g/mol. The van der Waals surface area contributed by atoms with E-state index in [4.69, 9.17) is 11.6 Å². The van der Waals surface area contributed by atoms with Crippen molar-refractivity contribution >= 4 is 11.6 Å². The Balaban J connectivity index is 2.42. The van der Waals surface area contributed by atoms with Crippen LogP contribution in [0.15, 0.2) is 12.2 Å². The van der Waals surface area contributed by atoms with Crippen molar-refractivity contribution in [2.45, 2.75) is 25.1 Å². The van der Waals surface area contributed by atoms with Gasteiger partial charge < -0.3 is 0 Å². The largest absolute Gasteiger partial charge is 0.118 e. The van der Waals surface area contributed by atoms with E-state index in [1.54, 1.807) is 0 Å². The van der Waals surface area contributed by atoms with Crippen LogP contribution in [0.4, 0.5) is 0 Å². The Morgan fingerprint density at radius 1 is 1.38 bits per heavy atom. The van der Waals surface area contributed by atoms with E-state index in [1.807, 2.05) is 0 Å². The van der Waals surface area contributed by atoms with Gasteiger partial charge in [0, 0.05) is 0 Å². The number of halogens is 1. The summed E-state index contributed by atoms with van der Waals surface area (Å²) in [4.78, 5) is 0. The van der Waals surface area contributed by atoms with E-state index in [2.05, 4.69) is 19.1 Å². The average Bonchev–Trinajstić information content (AvgIpc) is 1.77. The van der Waals surface area contributed by atoms with Crippen molar-refractivity contribution in [2.24, 2.45) is 5.92 Å². The molecule has 0 aliphatic heterocycles. The molecule has 0 N–H and O–H groups in total. The number of hydrogen-bond acceptors (Lipinski definition) is 0. The Bertz CT molecular complexity index is 84.6. The van der Waals surface area contributed by atoms with E-state index < -0.39 is 0 Å². The van der Waals surface area contributed by atoms with Crippen LogP contribution in [0.1, 0.15) is 19.8 Å². The van der Waals surface area contributed by atoms with Crippen molar-refractivity contribution in [3.05, 3.63) is 12.2 Å². The van der Waals surface area contributed by atoms with Gasteiger partial charge in [0.15, 0.2) is 0 Å². The summed E-state index contributed by atoms with van der Waals surface area (Å²) in [5, 5.41) is 0.311. The van der Waals surface area contributed by atoms with Crippen LogP contribution in [0.3, 0.4) is 0 Å². The second kappa shape index (κ2) is 2.54. The van der Waals surface area contributed by atoms with Crippen molar-refractivity contribution in [3.8, 4) is 0 Å².